The van der Waals surface area contributed by atoms with Crippen LogP contribution in [0.1, 0.15) is 20.3 Å². The molecule has 1 aliphatic heterocycles. The van der Waals surface area contributed by atoms with Gasteiger partial charge in [-0.05, 0) is 43.1 Å². The van der Waals surface area contributed by atoms with Crippen molar-refractivity contribution in [2.45, 2.75) is 20.3 Å². The van der Waals surface area contributed by atoms with E-state index in [4.69, 9.17) is 0 Å². The third-order valence-electron chi connectivity index (χ3n) is 4.44. The molecule has 3 rings (SSSR count). The van der Waals surface area contributed by atoms with E-state index in [2.05, 4.69) is 52.8 Å². The van der Waals surface area contributed by atoms with Crippen molar-refractivity contribution in [1.82, 2.24) is 10.7 Å². The molecule has 2 atom stereocenters. The van der Waals surface area contributed by atoms with Gasteiger partial charge in [0, 0.05) is 18.2 Å². The topological polar surface area (TPSA) is 53.5 Å². The Bertz CT molecular complexity index is 747. The van der Waals surface area contributed by atoms with E-state index in [9.17, 15) is 4.79 Å². The molecular weight excluding hydrogens is 298 g/mol. The van der Waals surface area contributed by atoms with Crippen LogP contribution in [0.25, 0.3) is 0 Å². The molecule has 0 fully saturated rings. The summed E-state index contributed by atoms with van der Waals surface area (Å²) in [5.41, 5.74) is 8.32. The number of rotatable bonds is 4. The standard InChI is InChI=1S/C20H23N3O/c1-13(2)22-20(24)14(3)15-5-4-6-16(8-7-15)17-9-10-19-18(11-17)12-21-23-19/h4-5,7-11,14,18,21H,1,6,12H2,2-3H3,(H,22,24). The zero-order chi connectivity index (χ0) is 17.1. The van der Waals surface area contributed by atoms with E-state index in [-0.39, 0.29) is 11.8 Å². The fraction of sp³-hybridized carbons (Fsp3) is 0.300. The molecular formula is C20H23N3O. The molecule has 0 saturated heterocycles. The first-order chi connectivity index (χ1) is 11.5. The van der Waals surface area contributed by atoms with Crippen LogP contribution in [0.3, 0.4) is 0 Å². The van der Waals surface area contributed by atoms with Gasteiger partial charge in [-0.25, -0.2) is 0 Å². The van der Waals surface area contributed by atoms with Crippen LogP contribution in [0.5, 0.6) is 0 Å². The number of allylic oxidation sites excluding steroid dienone is 9. The summed E-state index contributed by atoms with van der Waals surface area (Å²) in [5, 5.41) is 7.06. The average molecular weight is 321 g/mol. The summed E-state index contributed by atoms with van der Waals surface area (Å²) >= 11 is 0. The third-order valence-corrected chi connectivity index (χ3v) is 4.44. The molecule has 0 bridgehead atoms. The summed E-state index contributed by atoms with van der Waals surface area (Å²) in [5.74, 6) is 0.133. The Balaban J connectivity index is 1.77. The van der Waals surface area contributed by atoms with E-state index in [0.29, 0.717) is 11.6 Å². The lowest BCUT2D eigenvalue weighted by molar-refractivity contribution is -0.122. The second-order valence-electron chi connectivity index (χ2n) is 6.42. The van der Waals surface area contributed by atoms with Crippen molar-refractivity contribution >= 4 is 11.6 Å². The predicted octanol–water partition coefficient (Wildman–Crippen LogP) is 3.16. The smallest absolute Gasteiger partial charge is 0.231 e. The van der Waals surface area contributed by atoms with Crippen LogP contribution in [-0.4, -0.2) is 18.2 Å². The molecule has 0 radical (unpaired) electrons. The van der Waals surface area contributed by atoms with Gasteiger partial charge in [-0.2, -0.15) is 5.10 Å². The Kier molecular flexibility index (Phi) is 4.65. The molecule has 3 aliphatic rings. The Morgan fingerprint density at radius 3 is 3.00 bits per heavy atom. The molecule has 4 heteroatoms. The number of fused-ring (bicyclic) bond motifs is 1. The summed E-state index contributed by atoms with van der Waals surface area (Å²) < 4.78 is 0. The van der Waals surface area contributed by atoms with Gasteiger partial charge in [0.15, 0.2) is 0 Å². The fourth-order valence-corrected chi connectivity index (χ4v) is 3.00. The zero-order valence-corrected chi connectivity index (χ0v) is 14.2. The largest absolute Gasteiger partial charge is 0.330 e. The first kappa shape index (κ1) is 16.2. The van der Waals surface area contributed by atoms with Crippen molar-refractivity contribution in [3.8, 4) is 0 Å². The number of carbonyl (C=O) groups excluding carboxylic acids is 1. The molecule has 0 saturated carbocycles. The highest BCUT2D eigenvalue weighted by atomic mass is 16.1. The van der Waals surface area contributed by atoms with Crippen molar-refractivity contribution in [2.75, 3.05) is 6.54 Å². The Hall–Kier alpha value is -2.62. The molecule has 1 heterocycles. The lowest BCUT2D eigenvalue weighted by atomic mass is 9.90. The van der Waals surface area contributed by atoms with Gasteiger partial charge in [-0.1, -0.05) is 43.0 Å². The molecule has 0 spiro atoms. The second kappa shape index (κ2) is 6.87. The van der Waals surface area contributed by atoms with Crippen LogP contribution in [0.15, 0.2) is 76.6 Å². The normalized spacial score (nSPS) is 23.0. The van der Waals surface area contributed by atoms with Crippen molar-refractivity contribution < 1.29 is 4.79 Å². The number of carbonyl (C=O) groups is 1. The summed E-state index contributed by atoms with van der Waals surface area (Å²) in [4.78, 5) is 12.2. The number of hydrogen-bond donors (Lipinski definition) is 2. The van der Waals surface area contributed by atoms with Crippen molar-refractivity contribution in [2.24, 2.45) is 16.9 Å². The molecule has 0 aromatic carbocycles. The van der Waals surface area contributed by atoms with E-state index in [1.165, 1.54) is 11.1 Å². The first-order valence-corrected chi connectivity index (χ1v) is 8.29. The Labute approximate surface area is 143 Å². The van der Waals surface area contributed by atoms with Crippen LogP contribution in [0.4, 0.5) is 0 Å². The molecule has 2 unspecified atom stereocenters. The number of nitrogens with one attached hydrogen (secondary N) is 2. The number of amides is 1. The molecule has 1 amide bonds. The summed E-state index contributed by atoms with van der Waals surface area (Å²) in [6.45, 7) is 8.30. The minimum Gasteiger partial charge on any atom is -0.330 e. The van der Waals surface area contributed by atoms with E-state index < -0.39 is 0 Å². The van der Waals surface area contributed by atoms with Gasteiger partial charge in [-0.3, -0.25) is 4.79 Å². The van der Waals surface area contributed by atoms with Gasteiger partial charge in [0.25, 0.3) is 0 Å². The maximum absolute atomic E-state index is 12.2. The van der Waals surface area contributed by atoms with Gasteiger partial charge >= 0.3 is 0 Å². The van der Waals surface area contributed by atoms with Gasteiger partial charge < -0.3 is 10.7 Å². The van der Waals surface area contributed by atoms with Crippen LogP contribution in [-0.2, 0) is 4.79 Å². The first-order valence-electron chi connectivity index (χ1n) is 8.29. The van der Waals surface area contributed by atoms with Crippen LogP contribution >= 0.6 is 0 Å². The number of hydrogen-bond acceptors (Lipinski definition) is 3. The number of hydrazone groups is 1. The quantitative estimate of drug-likeness (QED) is 0.836. The van der Waals surface area contributed by atoms with Crippen LogP contribution in [0.2, 0.25) is 0 Å². The lowest BCUT2D eigenvalue weighted by Gasteiger charge is -2.14. The van der Waals surface area contributed by atoms with Crippen LogP contribution < -0.4 is 10.7 Å². The maximum atomic E-state index is 12.2. The molecule has 2 N–H and O–H groups in total. The van der Waals surface area contributed by atoms with Crippen molar-refractivity contribution in [1.29, 1.82) is 0 Å². The highest BCUT2D eigenvalue weighted by Gasteiger charge is 2.22. The molecule has 2 aliphatic carbocycles. The zero-order valence-electron chi connectivity index (χ0n) is 14.2. The Morgan fingerprint density at radius 2 is 2.21 bits per heavy atom. The van der Waals surface area contributed by atoms with Crippen molar-refractivity contribution in [3.05, 3.63) is 71.5 Å². The molecule has 4 nitrogen and oxygen atoms in total. The molecule has 0 aromatic rings. The summed E-state index contributed by atoms with van der Waals surface area (Å²) in [7, 11) is 0. The fourth-order valence-electron chi connectivity index (χ4n) is 3.00. The summed E-state index contributed by atoms with van der Waals surface area (Å²) in [6, 6.07) is 0. The minimum atomic E-state index is -0.206. The van der Waals surface area contributed by atoms with Gasteiger partial charge in [0.05, 0.1) is 11.6 Å². The monoisotopic (exact) mass is 321 g/mol. The maximum Gasteiger partial charge on any atom is 0.231 e. The third kappa shape index (κ3) is 3.48. The highest BCUT2D eigenvalue weighted by Crippen LogP contribution is 2.27. The van der Waals surface area contributed by atoms with Gasteiger partial charge in [0.2, 0.25) is 5.91 Å². The van der Waals surface area contributed by atoms with Gasteiger partial charge in [0.1, 0.15) is 0 Å². The van der Waals surface area contributed by atoms with E-state index in [1.54, 1.807) is 6.92 Å². The second-order valence-corrected chi connectivity index (χ2v) is 6.42. The summed E-state index contributed by atoms with van der Waals surface area (Å²) in [6.07, 6.45) is 15.7. The highest BCUT2D eigenvalue weighted by molar-refractivity contribution is 6.01. The molecule has 124 valence electrons. The lowest BCUT2D eigenvalue weighted by Crippen LogP contribution is -2.28. The number of nitrogens with zero attached hydrogens (tertiary/aromatic N) is 1. The van der Waals surface area contributed by atoms with Crippen LogP contribution in [0, 0.1) is 11.8 Å². The van der Waals surface area contributed by atoms with E-state index in [1.807, 2.05) is 19.1 Å². The molecule has 24 heavy (non-hydrogen) atoms. The minimum absolute atomic E-state index is 0.0232. The molecule has 0 aromatic heterocycles. The van der Waals surface area contributed by atoms with E-state index in [0.717, 1.165) is 24.3 Å². The Morgan fingerprint density at radius 1 is 1.38 bits per heavy atom. The van der Waals surface area contributed by atoms with E-state index >= 15 is 0 Å². The SMILES string of the molecule is C=C(C)NC(=O)C(C)C1=CC=C(C2=CC3CNN=C3C=C2)CC=C1. The van der Waals surface area contributed by atoms with Crippen molar-refractivity contribution in [3.63, 3.8) is 0 Å². The average Bonchev–Trinajstić information content (AvgIpc) is 2.88. The predicted molar refractivity (Wildman–Crippen MR) is 98.2 cm³/mol. The van der Waals surface area contributed by atoms with Gasteiger partial charge in [-0.15, -0.1) is 0 Å².